The lowest BCUT2D eigenvalue weighted by atomic mass is 10.2. The van der Waals surface area contributed by atoms with Gasteiger partial charge in [-0.2, -0.15) is 0 Å². The fraction of sp³-hybridized carbons (Fsp3) is 0.476. The van der Waals surface area contributed by atoms with Crippen LogP contribution in [0.4, 0.5) is 11.5 Å². The molecule has 1 amide bonds. The van der Waals surface area contributed by atoms with E-state index in [0.29, 0.717) is 23.7 Å². The van der Waals surface area contributed by atoms with Gasteiger partial charge in [0.25, 0.3) is 11.5 Å². The lowest BCUT2D eigenvalue weighted by molar-refractivity contribution is -0.124. The van der Waals surface area contributed by atoms with Crippen molar-refractivity contribution in [1.82, 2.24) is 9.55 Å². The Labute approximate surface area is 180 Å². The van der Waals surface area contributed by atoms with Crippen molar-refractivity contribution in [2.24, 2.45) is 5.92 Å². The maximum Gasteiger partial charge on any atom is 0.330 e. The zero-order chi connectivity index (χ0) is 22.4. The predicted octanol–water partition coefficient (Wildman–Crippen LogP) is 3.03. The summed E-state index contributed by atoms with van der Waals surface area (Å²) in [5.74, 6) is 0.143. The molecule has 1 aromatic carbocycles. The highest BCUT2D eigenvalue weighted by atomic mass is 35.5. The number of nitrogens with zero attached hydrogens (tertiary/aromatic N) is 2. The molecule has 1 heterocycles. The molecule has 1 unspecified atom stereocenters. The van der Waals surface area contributed by atoms with Gasteiger partial charge in [0.1, 0.15) is 11.6 Å². The number of nitrogens with one attached hydrogen (secondary N) is 1. The first kappa shape index (κ1) is 23.5. The van der Waals surface area contributed by atoms with Crippen LogP contribution in [0.2, 0.25) is 5.02 Å². The molecule has 0 aliphatic rings. The third-order valence-electron chi connectivity index (χ3n) is 4.51. The van der Waals surface area contributed by atoms with Crippen molar-refractivity contribution in [3.05, 3.63) is 50.1 Å². The highest BCUT2D eigenvalue weighted by Crippen LogP contribution is 2.22. The summed E-state index contributed by atoms with van der Waals surface area (Å²) in [4.78, 5) is 41.7. The van der Waals surface area contributed by atoms with E-state index in [-0.39, 0.29) is 24.0 Å². The number of H-pyrrole nitrogens is 1. The number of amides is 1. The van der Waals surface area contributed by atoms with Gasteiger partial charge in [0.2, 0.25) is 0 Å². The number of hydrogen-bond donors (Lipinski definition) is 2. The van der Waals surface area contributed by atoms with E-state index in [1.165, 1.54) is 9.47 Å². The summed E-state index contributed by atoms with van der Waals surface area (Å²) in [6.45, 7) is 8.03. The number of nitrogen functional groups attached to an aromatic ring is 1. The maximum atomic E-state index is 13.2. The van der Waals surface area contributed by atoms with Gasteiger partial charge in [-0.1, -0.05) is 38.8 Å². The number of aromatic amines is 1. The van der Waals surface area contributed by atoms with Gasteiger partial charge in [-0.05, 0) is 43.5 Å². The van der Waals surface area contributed by atoms with Crippen LogP contribution in [0.5, 0.6) is 5.75 Å². The predicted molar refractivity (Wildman–Crippen MR) is 119 cm³/mol. The third-order valence-corrected chi connectivity index (χ3v) is 4.76. The second-order valence-electron chi connectivity index (χ2n) is 7.56. The molecule has 0 fully saturated rings. The molecule has 0 saturated heterocycles. The van der Waals surface area contributed by atoms with Gasteiger partial charge in [-0.15, -0.1) is 0 Å². The van der Waals surface area contributed by atoms with E-state index in [4.69, 9.17) is 22.1 Å². The first-order valence-corrected chi connectivity index (χ1v) is 10.4. The van der Waals surface area contributed by atoms with Crippen molar-refractivity contribution < 1.29 is 9.53 Å². The van der Waals surface area contributed by atoms with Crippen LogP contribution in [0.15, 0.2) is 33.9 Å². The maximum absolute atomic E-state index is 13.2. The molecule has 2 aromatic rings. The summed E-state index contributed by atoms with van der Waals surface area (Å²) in [7, 11) is 0. The molecule has 0 aliphatic carbocycles. The van der Waals surface area contributed by atoms with Crippen LogP contribution in [-0.2, 0) is 11.3 Å². The van der Waals surface area contributed by atoms with Crippen molar-refractivity contribution in [2.75, 3.05) is 17.2 Å². The van der Waals surface area contributed by atoms with E-state index in [1.807, 2.05) is 20.8 Å². The number of hydrogen-bond acceptors (Lipinski definition) is 5. The van der Waals surface area contributed by atoms with Gasteiger partial charge < -0.3 is 15.4 Å². The average Bonchev–Trinajstić information content (AvgIpc) is 2.68. The number of rotatable bonds is 9. The van der Waals surface area contributed by atoms with E-state index in [1.54, 1.807) is 31.2 Å². The smallest absolute Gasteiger partial charge is 0.330 e. The highest BCUT2D eigenvalue weighted by Gasteiger charge is 2.28. The summed E-state index contributed by atoms with van der Waals surface area (Å²) in [6.07, 6.45) is 0.577. The summed E-state index contributed by atoms with van der Waals surface area (Å²) < 4.78 is 7.03. The van der Waals surface area contributed by atoms with Crippen LogP contribution in [-0.4, -0.2) is 28.1 Å². The average molecular weight is 437 g/mol. The van der Waals surface area contributed by atoms with Gasteiger partial charge in [-0.25, -0.2) is 4.79 Å². The summed E-state index contributed by atoms with van der Waals surface area (Å²) in [5, 5.41) is 0.553. The Morgan fingerprint density at radius 2 is 1.87 bits per heavy atom. The summed E-state index contributed by atoms with van der Waals surface area (Å²) in [5.41, 5.74) is 4.89. The fourth-order valence-electron chi connectivity index (χ4n) is 3.02. The van der Waals surface area contributed by atoms with Crippen LogP contribution in [0, 0.1) is 5.92 Å². The Morgan fingerprint density at radius 3 is 2.43 bits per heavy atom. The molecule has 164 valence electrons. The monoisotopic (exact) mass is 436 g/mol. The quantitative estimate of drug-likeness (QED) is 0.627. The SMILES string of the molecule is CCCCN(C(=O)C(C)Oc1ccc(Cl)cc1)c1c(N)n(CC(C)C)c(=O)[nH]c1=O. The molecule has 9 heteroatoms. The van der Waals surface area contributed by atoms with Crippen molar-refractivity contribution in [3.8, 4) is 5.75 Å². The molecule has 1 aromatic heterocycles. The number of unbranched alkanes of at least 4 members (excludes halogenated alkanes) is 1. The molecule has 8 nitrogen and oxygen atoms in total. The minimum absolute atomic E-state index is 0.0272. The topological polar surface area (TPSA) is 110 Å². The molecular weight excluding hydrogens is 408 g/mol. The van der Waals surface area contributed by atoms with E-state index in [0.717, 1.165) is 6.42 Å². The zero-order valence-electron chi connectivity index (χ0n) is 17.8. The molecule has 0 saturated carbocycles. The van der Waals surface area contributed by atoms with Crippen LogP contribution in [0.25, 0.3) is 0 Å². The number of aromatic nitrogens is 2. The first-order valence-electron chi connectivity index (χ1n) is 10.0. The molecule has 2 rings (SSSR count). The Morgan fingerprint density at radius 1 is 1.23 bits per heavy atom. The minimum Gasteiger partial charge on any atom is -0.481 e. The lowest BCUT2D eigenvalue weighted by Crippen LogP contribution is -2.46. The molecule has 0 bridgehead atoms. The van der Waals surface area contributed by atoms with Gasteiger partial charge >= 0.3 is 5.69 Å². The van der Waals surface area contributed by atoms with Crippen molar-refractivity contribution in [3.63, 3.8) is 0 Å². The summed E-state index contributed by atoms with van der Waals surface area (Å²) >= 11 is 5.89. The summed E-state index contributed by atoms with van der Waals surface area (Å²) in [6, 6.07) is 6.64. The first-order chi connectivity index (χ1) is 14.1. The Hall–Kier alpha value is -2.74. The minimum atomic E-state index is -0.882. The van der Waals surface area contributed by atoms with Crippen molar-refractivity contribution in [2.45, 2.75) is 53.2 Å². The van der Waals surface area contributed by atoms with E-state index < -0.39 is 23.3 Å². The number of carbonyl (C=O) groups is 1. The second kappa shape index (κ2) is 10.3. The molecule has 0 aliphatic heterocycles. The normalized spacial score (nSPS) is 12.1. The number of halogens is 1. The van der Waals surface area contributed by atoms with Gasteiger partial charge in [-0.3, -0.25) is 19.1 Å². The van der Waals surface area contributed by atoms with Crippen LogP contribution in [0.1, 0.15) is 40.5 Å². The molecule has 0 spiro atoms. The van der Waals surface area contributed by atoms with Crippen LogP contribution >= 0.6 is 11.6 Å². The number of nitrogens with two attached hydrogens (primary N) is 1. The molecule has 1 atom stereocenters. The number of ether oxygens (including phenoxy) is 1. The Bertz CT molecular complexity index is 982. The number of benzene rings is 1. The molecule has 0 radical (unpaired) electrons. The highest BCUT2D eigenvalue weighted by molar-refractivity contribution is 6.30. The zero-order valence-corrected chi connectivity index (χ0v) is 18.5. The van der Waals surface area contributed by atoms with Crippen molar-refractivity contribution in [1.29, 1.82) is 0 Å². The van der Waals surface area contributed by atoms with Gasteiger partial charge in [0.05, 0.1) is 0 Å². The number of anilines is 2. The molecular formula is C21H29ClN4O4. The standard InChI is InChI=1S/C21H29ClN4O4/c1-5-6-11-25(20(28)14(4)30-16-9-7-15(22)8-10-16)17-18(23)26(12-13(2)3)21(29)24-19(17)27/h7-10,13-14H,5-6,11-12,23H2,1-4H3,(H,24,27,29). The van der Waals surface area contributed by atoms with Gasteiger partial charge in [0.15, 0.2) is 11.8 Å². The second-order valence-corrected chi connectivity index (χ2v) is 7.99. The van der Waals surface area contributed by atoms with E-state index in [2.05, 4.69) is 4.98 Å². The van der Waals surface area contributed by atoms with Crippen molar-refractivity contribution >= 4 is 29.0 Å². The van der Waals surface area contributed by atoms with E-state index in [9.17, 15) is 14.4 Å². The number of carbonyl (C=O) groups excluding carboxylic acids is 1. The van der Waals surface area contributed by atoms with Crippen LogP contribution in [0.3, 0.4) is 0 Å². The Kier molecular flexibility index (Phi) is 8.11. The van der Waals surface area contributed by atoms with Gasteiger partial charge in [0, 0.05) is 18.1 Å². The van der Waals surface area contributed by atoms with Crippen LogP contribution < -0.4 is 26.6 Å². The largest absolute Gasteiger partial charge is 0.481 e. The Balaban J connectivity index is 2.43. The third kappa shape index (κ3) is 5.66. The lowest BCUT2D eigenvalue weighted by Gasteiger charge is -2.27. The fourth-order valence-corrected chi connectivity index (χ4v) is 3.15. The van der Waals surface area contributed by atoms with E-state index >= 15 is 0 Å². The molecule has 3 N–H and O–H groups in total. The molecule has 30 heavy (non-hydrogen) atoms.